The molecule has 0 aliphatic carbocycles. The smallest absolute Gasteiger partial charge is 0.137 e. The maximum atomic E-state index is 5.00. The summed E-state index contributed by atoms with van der Waals surface area (Å²) >= 11 is 0. The van der Waals surface area contributed by atoms with Gasteiger partial charge >= 0.3 is 0 Å². The van der Waals surface area contributed by atoms with E-state index in [2.05, 4.69) is 269 Å². The number of anilines is 5. The summed E-state index contributed by atoms with van der Waals surface area (Å²) in [6, 6.07) is 66.6. The van der Waals surface area contributed by atoms with Crippen LogP contribution in [0.4, 0.5) is 28.4 Å². The van der Waals surface area contributed by atoms with Gasteiger partial charge in [0, 0.05) is 63.2 Å². The molecule has 5 nitrogen and oxygen atoms in total. The Kier molecular flexibility index (Phi) is 10.7. The lowest BCUT2D eigenvalue weighted by atomic mass is 9.75. The van der Waals surface area contributed by atoms with Gasteiger partial charge in [-0.25, -0.2) is 4.98 Å². The fourth-order valence-electron chi connectivity index (χ4n) is 9.41. The maximum absolute atomic E-state index is 5.00. The molecule has 1 aliphatic heterocycles. The van der Waals surface area contributed by atoms with E-state index in [9.17, 15) is 0 Å². The highest BCUT2D eigenvalue weighted by Crippen LogP contribution is 2.44. The molecule has 5 heteroatoms. The molecule has 0 fully saturated rings. The first-order valence-corrected chi connectivity index (χ1v) is 23.2. The standard InChI is InChI=1S/C61H59N5/c1-59(2,3)46-30-31-62-58(39-46)66-56-27-19-18-26-54(56)55-29-28-50(41-57(55)66)65(49-24-16-11-17-25-49)53-35-44(43-20-12-9-13-21-43)34-51(40-53)63-32-33-64(42-63)52-37-47(60(4,5)6)36-48(38-52)61(7,8)45-22-14-10-15-23-45/h9-41H,42H2,1-8H3. The van der Waals surface area contributed by atoms with Gasteiger partial charge in [-0.15, -0.1) is 0 Å². The van der Waals surface area contributed by atoms with Gasteiger partial charge in [-0.3, -0.25) is 4.57 Å². The van der Waals surface area contributed by atoms with E-state index in [1.54, 1.807) is 0 Å². The third kappa shape index (κ3) is 8.04. The highest BCUT2D eigenvalue weighted by molar-refractivity contribution is 6.10. The molecular weight excluding hydrogens is 803 g/mol. The molecule has 0 atom stereocenters. The molecule has 0 bridgehead atoms. The lowest BCUT2D eigenvalue weighted by Gasteiger charge is -2.31. The van der Waals surface area contributed by atoms with Crippen molar-refractivity contribution < 1.29 is 0 Å². The Morgan fingerprint density at radius 3 is 1.73 bits per heavy atom. The number of rotatable bonds is 9. The summed E-state index contributed by atoms with van der Waals surface area (Å²) < 4.78 is 2.34. The van der Waals surface area contributed by atoms with Crippen LogP contribution in [0.5, 0.6) is 0 Å². The Hall–Kier alpha value is -7.37. The zero-order chi connectivity index (χ0) is 45.8. The predicted molar refractivity (Wildman–Crippen MR) is 280 cm³/mol. The average molecular weight is 862 g/mol. The normalized spacial score (nSPS) is 13.3. The highest BCUT2D eigenvalue weighted by atomic mass is 15.3. The van der Waals surface area contributed by atoms with Crippen LogP contribution in [-0.2, 0) is 16.2 Å². The molecule has 0 amide bonds. The molecular formula is C61H59N5. The van der Waals surface area contributed by atoms with E-state index >= 15 is 0 Å². The van der Waals surface area contributed by atoms with Gasteiger partial charge in [0.1, 0.15) is 5.82 Å². The van der Waals surface area contributed by atoms with E-state index in [0.29, 0.717) is 6.67 Å². The van der Waals surface area contributed by atoms with Crippen molar-refractivity contribution in [2.75, 3.05) is 21.4 Å². The summed E-state index contributed by atoms with van der Waals surface area (Å²) in [7, 11) is 0. The van der Waals surface area contributed by atoms with Gasteiger partial charge < -0.3 is 14.7 Å². The molecule has 0 saturated carbocycles. The lowest BCUT2D eigenvalue weighted by Crippen LogP contribution is -2.27. The summed E-state index contributed by atoms with van der Waals surface area (Å²) in [5.74, 6) is 0.916. The van der Waals surface area contributed by atoms with Gasteiger partial charge in [0.15, 0.2) is 0 Å². The molecule has 328 valence electrons. The summed E-state index contributed by atoms with van der Waals surface area (Å²) in [5.41, 5.74) is 15.0. The SMILES string of the molecule is CC(C)(C)c1cc(N2C=CN(c3cc(-c4ccccc4)cc(N(c4ccccc4)c4ccc5c6ccccc6n(-c6cc(C(C)(C)C)ccn6)c5c4)c3)C2)cc(C(C)(C)c2ccccc2)c1. The van der Waals surface area contributed by atoms with E-state index in [1.165, 1.54) is 44.3 Å². The van der Waals surface area contributed by atoms with E-state index in [4.69, 9.17) is 4.98 Å². The fraction of sp³-hybridized carbons (Fsp3) is 0.197. The Balaban J connectivity index is 1.10. The summed E-state index contributed by atoms with van der Waals surface area (Å²) in [6.45, 7) is 19.1. The Bertz CT molecular complexity index is 3220. The second-order valence-corrected chi connectivity index (χ2v) is 20.4. The minimum Gasteiger partial charge on any atom is -0.328 e. The van der Waals surface area contributed by atoms with Crippen molar-refractivity contribution in [3.05, 3.63) is 223 Å². The molecule has 0 saturated heterocycles. The Labute approximate surface area is 390 Å². The zero-order valence-corrected chi connectivity index (χ0v) is 39.5. The number of hydrogen-bond donors (Lipinski definition) is 0. The van der Waals surface area contributed by atoms with Crippen molar-refractivity contribution >= 4 is 50.2 Å². The molecule has 9 aromatic rings. The molecule has 7 aromatic carbocycles. The Morgan fingerprint density at radius 1 is 0.424 bits per heavy atom. The molecule has 10 rings (SSSR count). The van der Waals surface area contributed by atoms with E-state index < -0.39 is 0 Å². The summed E-state index contributed by atoms with van der Waals surface area (Å²) in [4.78, 5) is 12.2. The summed E-state index contributed by atoms with van der Waals surface area (Å²) in [6.07, 6.45) is 6.42. The molecule has 3 heterocycles. The van der Waals surface area contributed by atoms with Crippen LogP contribution in [0.1, 0.15) is 77.6 Å². The molecule has 0 radical (unpaired) electrons. The molecule has 66 heavy (non-hydrogen) atoms. The second-order valence-electron chi connectivity index (χ2n) is 20.4. The van der Waals surface area contributed by atoms with E-state index in [0.717, 1.165) is 45.2 Å². The van der Waals surface area contributed by atoms with Crippen molar-refractivity contribution in [1.82, 2.24) is 9.55 Å². The van der Waals surface area contributed by atoms with Crippen LogP contribution in [0.2, 0.25) is 0 Å². The minimum absolute atomic E-state index is 0.0204. The first kappa shape index (κ1) is 42.6. The minimum atomic E-state index is -0.176. The lowest BCUT2D eigenvalue weighted by molar-refractivity contribution is 0.582. The molecule has 1 aliphatic rings. The van der Waals surface area contributed by atoms with E-state index in [-0.39, 0.29) is 16.2 Å². The van der Waals surface area contributed by atoms with Crippen LogP contribution >= 0.6 is 0 Å². The van der Waals surface area contributed by atoms with E-state index in [1.807, 2.05) is 6.20 Å². The quantitative estimate of drug-likeness (QED) is 0.144. The number of benzene rings is 7. The van der Waals surface area contributed by atoms with Crippen LogP contribution in [0.15, 0.2) is 201 Å². The number of hydrogen-bond acceptors (Lipinski definition) is 4. The molecule has 2 aromatic heterocycles. The highest BCUT2D eigenvalue weighted by Gasteiger charge is 2.29. The first-order chi connectivity index (χ1) is 31.7. The number of nitrogens with zero attached hydrogens (tertiary/aromatic N) is 5. The van der Waals surface area contributed by atoms with Gasteiger partial charge in [-0.05, 0) is 117 Å². The zero-order valence-electron chi connectivity index (χ0n) is 39.5. The van der Waals surface area contributed by atoms with Crippen LogP contribution in [0.3, 0.4) is 0 Å². The maximum Gasteiger partial charge on any atom is 0.137 e. The van der Waals surface area contributed by atoms with Gasteiger partial charge in [0.25, 0.3) is 0 Å². The van der Waals surface area contributed by atoms with Crippen LogP contribution in [-0.4, -0.2) is 16.2 Å². The topological polar surface area (TPSA) is 27.5 Å². The van der Waals surface area contributed by atoms with Gasteiger partial charge in [0.05, 0.1) is 17.7 Å². The van der Waals surface area contributed by atoms with Crippen LogP contribution in [0, 0.1) is 0 Å². The van der Waals surface area contributed by atoms with Crippen molar-refractivity contribution in [2.45, 2.75) is 71.6 Å². The third-order valence-corrected chi connectivity index (χ3v) is 13.4. The molecule has 0 spiro atoms. The van der Waals surface area contributed by atoms with Crippen LogP contribution in [0.25, 0.3) is 38.8 Å². The second kappa shape index (κ2) is 16.6. The van der Waals surface area contributed by atoms with Gasteiger partial charge in [-0.1, -0.05) is 165 Å². The van der Waals surface area contributed by atoms with Gasteiger partial charge in [0.2, 0.25) is 0 Å². The number of fused-ring (bicyclic) bond motifs is 3. The van der Waals surface area contributed by atoms with Crippen molar-refractivity contribution in [1.29, 1.82) is 0 Å². The molecule has 0 N–H and O–H groups in total. The average Bonchev–Trinajstić information content (AvgIpc) is 3.96. The predicted octanol–water partition coefficient (Wildman–Crippen LogP) is 16.0. The largest absolute Gasteiger partial charge is 0.328 e. The Morgan fingerprint density at radius 2 is 1.03 bits per heavy atom. The summed E-state index contributed by atoms with van der Waals surface area (Å²) in [5, 5.41) is 2.40. The fourth-order valence-corrected chi connectivity index (χ4v) is 9.41. The number of para-hydroxylation sites is 2. The number of aromatic nitrogens is 2. The van der Waals surface area contributed by atoms with Crippen molar-refractivity contribution in [3.63, 3.8) is 0 Å². The monoisotopic (exact) mass is 861 g/mol. The van der Waals surface area contributed by atoms with Gasteiger partial charge in [-0.2, -0.15) is 0 Å². The third-order valence-electron chi connectivity index (χ3n) is 13.4. The van der Waals surface area contributed by atoms with Crippen molar-refractivity contribution in [2.24, 2.45) is 0 Å². The number of pyridine rings is 1. The first-order valence-electron chi connectivity index (χ1n) is 23.2. The molecule has 0 unspecified atom stereocenters. The van der Waals surface area contributed by atoms with Crippen LogP contribution < -0.4 is 14.7 Å². The van der Waals surface area contributed by atoms with Crippen molar-refractivity contribution in [3.8, 4) is 16.9 Å².